The maximum absolute atomic E-state index is 11.8. The molecule has 0 aromatic heterocycles. The highest BCUT2D eigenvalue weighted by atomic mass is 16.4. The van der Waals surface area contributed by atoms with E-state index in [1.165, 1.54) is 0 Å². The van der Waals surface area contributed by atoms with Crippen molar-refractivity contribution in [3.8, 4) is 0 Å². The highest BCUT2D eigenvalue weighted by Gasteiger charge is 2.31. The molecular formula is C12H22N2O3. The Hall–Kier alpha value is -1.10. The van der Waals surface area contributed by atoms with Gasteiger partial charge in [0.25, 0.3) is 0 Å². The molecule has 1 rings (SSSR count). The standard InChI is InChI=1S/C12H22N2O3/c1-3-12(2,13)11(17)14-9-6-4-8(5-7-9)10(15)16/h8-9H,3-7,13H2,1-2H3,(H,14,17)(H,15,16). The molecule has 5 heteroatoms. The average molecular weight is 242 g/mol. The number of amides is 1. The zero-order chi connectivity index (χ0) is 13.1. The third kappa shape index (κ3) is 3.70. The summed E-state index contributed by atoms with van der Waals surface area (Å²) < 4.78 is 0. The summed E-state index contributed by atoms with van der Waals surface area (Å²) in [6.07, 6.45) is 3.30. The maximum Gasteiger partial charge on any atom is 0.306 e. The summed E-state index contributed by atoms with van der Waals surface area (Å²) in [7, 11) is 0. The van der Waals surface area contributed by atoms with Gasteiger partial charge in [0.05, 0.1) is 11.5 Å². The normalized spacial score (nSPS) is 28.2. The molecule has 0 radical (unpaired) electrons. The van der Waals surface area contributed by atoms with Gasteiger partial charge in [0, 0.05) is 6.04 Å². The van der Waals surface area contributed by atoms with Crippen molar-refractivity contribution in [2.45, 2.75) is 57.5 Å². The van der Waals surface area contributed by atoms with Crippen LogP contribution in [0.15, 0.2) is 0 Å². The fourth-order valence-electron chi connectivity index (χ4n) is 2.00. The second kappa shape index (κ2) is 5.49. The molecule has 17 heavy (non-hydrogen) atoms. The summed E-state index contributed by atoms with van der Waals surface area (Å²) in [5.74, 6) is -1.12. The lowest BCUT2D eigenvalue weighted by Crippen LogP contribution is -2.54. The molecule has 1 fully saturated rings. The first-order valence-electron chi connectivity index (χ1n) is 6.19. The van der Waals surface area contributed by atoms with Gasteiger partial charge in [-0.05, 0) is 39.0 Å². The molecular weight excluding hydrogens is 220 g/mol. The molecule has 0 aromatic carbocycles. The molecule has 1 unspecified atom stereocenters. The monoisotopic (exact) mass is 242 g/mol. The van der Waals surface area contributed by atoms with Crippen LogP contribution >= 0.6 is 0 Å². The van der Waals surface area contributed by atoms with Crippen LogP contribution in [0.3, 0.4) is 0 Å². The van der Waals surface area contributed by atoms with E-state index in [2.05, 4.69) is 5.32 Å². The Morgan fingerprint density at radius 3 is 2.29 bits per heavy atom. The molecule has 1 aliphatic rings. The lowest BCUT2D eigenvalue weighted by molar-refractivity contribution is -0.142. The smallest absolute Gasteiger partial charge is 0.306 e. The van der Waals surface area contributed by atoms with Crippen LogP contribution in [0.5, 0.6) is 0 Å². The van der Waals surface area contributed by atoms with Crippen molar-refractivity contribution in [3.63, 3.8) is 0 Å². The lowest BCUT2D eigenvalue weighted by atomic mass is 9.85. The lowest BCUT2D eigenvalue weighted by Gasteiger charge is -2.30. The Bertz CT molecular complexity index is 294. The summed E-state index contributed by atoms with van der Waals surface area (Å²) in [5, 5.41) is 11.8. The van der Waals surface area contributed by atoms with Crippen LogP contribution in [-0.4, -0.2) is 28.6 Å². The molecule has 0 aromatic rings. The Morgan fingerprint density at radius 1 is 1.35 bits per heavy atom. The van der Waals surface area contributed by atoms with Crippen molar-refractivity contribution in [3.05, 3.63) is 0 Å². The zero-order valence-corrected chi connectivity index (χ0v) is 10.5. The molecule has 1 amide bonds. The van der Waals surface area contributed by atoms with E-state index in [0.29, 0.717) is 19.3 Å². The summed E-state index contributed by atoms with van der Waals surface area (Å²) in [5.41, 5.74) is 5.02. The summed E-state index contributed by atoms with van der Waals surface area (Å²) in [4.78, 5) is 22.6. The summed E-state index contributed by atoms with van der Waals surface area (Å²) in [6.45, 7) is 3.59. The van der Waals surface area contributed by atoms with Crippen LogP contribution < -0.4 is 11.1 Å². The van der Waals surface area contributed by atoms with Gasteiger partial charge in [-0.15, -0.1) is 0 Å². The van der Waals surface area contributed by atoms with Crippen LogP contribution in [0.1, 0.15) is 46.0 Å². The second-order valence-electron chi connectivity index (χ2n) is 5.13. The van der Waals surface area contributed by atoms with Gasteiger partial charge in [0.15, 0.2) is 0 Å². The molecule has 0 aliphatic heterocycles. The van der Waals surface area contributed by atoms with Crippen molar-refractivity contribution in [1.82, 2.24) is 5.32 Å². The number of nitrogens with two attached hydrogens (primary N) is 1. The van der Waals surface area contributed by atoms with Gasteiger partial charge in [-0.1, -0.05) is 6.92 Å². The van der Waals surface area contributed by atoms with Gasteiger partial charge in [-0.2, -0.15) is 0 Å². The Labute approximate surface area is 102 Å². The number of carbonyl (C=O) groups is 2. The zero-order valence-electron chi connectivity index (χ0n) is 10.5. The first-order valence-corrected chi connectivity index (χ1v) is 6.19. The minimum absolute atomic E-state index is 0.0764. The molecule has 1 aliphatic carbocycles. The maximum atomic E-state index is 11.8. The van der Waals surface area contributed by atoms with Crippen molar-refractivity contribution < 1.29 is 14.7 Å². The molecule has 1 atom stereocenters. The van der Waals surface area contributed by atoms with Gasteiger partial charge < -0.3 is 16.2 Å². The molecule has 4 N–H and O–H groups in total. The number of aliphatic carboxylic acids is 1. The van der Waals surface area contributed by atoms with Crippen molar-refractivity contribution in [1.29, 1.82) is 0 Å². The Kier molecular flexibility index (Phi) is 4.51. The Morgan fingerprint density at radius 2 is 1.88 bits per heavy atom. The minimum Gasteiger partial charge on any atom is -0.481 e. The first-order chi connectivity index (χ1) is 7.86. The van der Waals surface area contributed by atoms with Gasteiger partial charge in [-0.3, -0.25) is 9.59 Å². The van der Waals surface area contributed by atoms with Gasteiger partial charge in [-0.25, -0.2) is 0 Å². The predicted molar refractivity (Wildman–Crippen MR) is 64.4 cm³/mol. The van der Waals surface area contributed by atoms with E-state index < -0.39 is 11.5 Å². The SMILES string of the molecule is CCC(C)(N)C(=O)NC1CCC(C(=O)O)CC1. The highest BCUT2D eigenvalue weighted by molar-refractivity contribution is 5.85. The fraction of sp³-hybridized carbons (Fsp3) is 0.833. The van der Waals surface area contributed by atoms with Crippen LogP contribution in [0.2, 0.25) is 0 Å². The summed E-state index contributed by atoms with van der Waals surface area (Å²) >= 11 is 0. The number of nitrogens with one attached hydrogen (secondary N) is 1. The third-order valence-corrected chi connectivity index (χ3v) is 3.66. The van der Waals surface area contributed by atoms with Crippen LogP contribution in [0, 0.1) is 5.92 Å². The van der Waals surface area contributed by atoms with E-state index in [1.54, 1.807) is 6.92 Å². The molecule has 1 saturated carbocycles. The number of rotatable bonds is 4. The van der Waals surface area contributed by atoms with E-state index in [4.69, 9.17) is 10.8 Å². The third-order valence-electron chi connectivity index (χ3n) is 3.66. The van der Waals surface area contributed by atoms with E-state index in [9.17, 15) is 9.59 Å². The van der Waals surface area contributed by atoms with E-state index in [1.807, 2.05) is 6.92 Å². The number of carboxylic acid groups (broad SMARTS) is 1. The number of hydrogen-bond donors (Lipinski definition) is 3. The molecule has 98 valence electrons. The first kappa shape index (κ1) is 14.0. The predicted octanol–water partition coefficient (Wildman–Crippen LogP) is 0.873. The van der Waals surface area contributed by atoms with E-state index >= 15 is 0 Å². The van der Waals surface area contributed by atoms with Gasteiger partial charge >= 0.3 is 5.97 Å². The number of carbonyl (C=O) groups excluding carboxylic acids is 1. The molecule has 0 spiro atoms. The fourth-order valence-corrected chi connectivity index (χ4v) is 2.00. The largest absolute Gasteiger partial charge is 0.481 e. The quantitative estimate of drug-likeness (QED) is 0.682. The molecule has 0 heterocycles. The van der Waals surface area contributed by atoms with E-state index in [-0.39, 0.29) is 17.9 Å². The van der Waals surface area contributed by atoms with Crippen molar-refractivity contribution in [2.24, 2.45) is 11.7 Å². The van der Waals surface area contributed by atoms with E-state index in [0.717, 1.165) is 12.8 Å². The molecule has 0 bridgehead atoms. The van der Waals surface area contributed by atoms with Gasteiger partial charge in [0.2, 0.25) is 5.91 Å². The number of carboxylic acids is 1. The minimum atomic E-state index is -0.830. The highest BCUT2D eigenvalue weighted by Crippen LogP contribution is 2.24. The molecule has 5 nitrogen and oxygen atoms in total. The van der Waals surface area contributed by atoms with Crippen LogP contribution in [0.4, 0.5) is 0 Å². The summed E-state index contributed by atoms with van der Waals surface area (Å²) in [6, 6.07) is 0.0764. The topological polar surface area (TPSA) is 92.4 Å². The van der Waals surface area contributed by atoms with Crippen LogP contribution in [0.25, 0.3) is 0 Å². The second-order valence-corrected chi connectivity index (χ2v) is 5.13. The van der Waals surface area contributed by atoms with Crippen molar-refractivity contribution in [2.75, 3.05) is 0 Å². The molecule has 0 saturated heterocycles. The Balaban J connectivity index is 2.41. The number of hydrogen-bond acceptors (Lipinski definition) is 3. The van der Waals surface area contributed by atoms with Gasteiger partial charge in [0.1, 0.15) is 0 Å². The van der Waals surface area contributed by atoms with Crippen LogP contribution in [-0.2, 0) is 9.59 Å². The average Bonchev–Trinajstić information content (AvgIpc) is 2.29. The van der Waals surface area contributed by atoms with Crippen molar-refractivity contribution >= 4 is 11.9 Å².